The van der Waals surface area contributed by atoms with E-state index in [0.29, 0.717) is 18.9 Å². The van der Waals surface area contributed by atoms with Crippen molar-refractivity contribution in [2.75, 3.05) is 27.7 Å². The van der Waals surface area contributed by atoms with Gasteiger partial charge in [-0.15, -0.1) is 0 Å². The number of ether oxygens (including phenoxy) is 6. The maximum atomic E-state index is 13.9. The van der Waals surface area contributed by atoms with Crippen LogP contribution in [0.3, 0.4) is 0 Å². The van der Waals surface area contributed by atoms with E-state index in [4.69, 9.17) is 28.4 Å². The topological polar surface area (TPSA) is 128 Å². The number of carbonyl (C=O) groups is 1. The van der Waals surface area contributed by atoms with Crippen LogP contribution >= 0.6 is 0 Å². The highest BCUT2D eigenvalue weighted by Crippen LogP contribution is 2.38. The number of rotatable bonds is 7. The van der Waals surface area contributed by atoms with E-state index in [1.54, 1.807) is 14.0 Å². The van der Waals surface area contributed by atoms with Crippen molar-refractivity contribution in [1.82, 2.24) is 10.2 Å². The first-order chi connectivity index (χ1) is 22.0. The summed E-state index contributed by atoms with van der Waals surface area (Å²) in [5.74, 6) is -1.15. The molecule has 3 aliphatic heterocycles. The Labute approximate surface area is 284 Å². The molecule has 11 unspecified atom stereocenters. The summed E-state index contributed by atoms with van der Waals surface area (Å²) in [6.07, 6.45) is -1.08. The average molecular weight is 673 g/mol. The summed E-state index contributed by atoms with van der Waals surface area (Å²) in [7, 11) is 5.77. The van der Waals surface area contributed by atoms with Crippen LogP contribution in [0.2, 0.25) is 0 Å². The van der Waals surface area contributed by atoms with Crippen LogP contribution in [0.5, 0.6) is 0 Å². The lowest BCUT2D eigenvalue weighted by Crippen LogP contribution is -2.57. The van der Waals surface area contributed by atoms with Crippen LogP contribution in [0.1, 0.15) is 101 Å². The quantitative estimate of drug-likeness (QED) is 0.338. The second kappa shape index (κ2) is 17.9. The molecule has 3 heterocycles. The van der Waals surface area contributed by atoms with Gasteiger partial charge in [-0.1, -0.05) is 27.7 Å². The number of carbonyl (C=O) groups excluding carboxylic acids is 1. The van der Waals surface area contributed by atoms with Gasteiger partial charge in [-0.25, -0.2) is 0 Å². The van der Waals surface area contributed by atoms with Gasteiger partial charge in [0.15, 0.2) is 12.6 Å². The molecule has 0 saturated carbocycles. The Balaban J connectivity index is 2.02. The van der Waals surface area contributed by atoms with Gasteiger partial charge in [-0.05, 0) is 92.8 Å². The molecule has 3 saturated heterocycles. The summed E-state index contributed by atoms with van der Waals surface area (Å²) in [5.41, 5.74) is -0.888. The Kier molecular flexibility index (Phi) is 15.4. The SMILES string of the molecule is CCC1OC(=O)C(C)C(OC2C[C@@](C)(OC)C(O)[C@H](C)O2)C(C)[C@@H](OC2CC(N(C)C)CC(C)O2)C(C)C[C@@H](C)NC[C@H](C)CC1O. The van der Waals surface area contributed by atoms with Gasteiger partial charge < -0.3 is 48.9 Å². The van der Waals surface area contributed by atoms with Gasteiger partial charge in [-0.2, -0.15) is 0 Å². The molecule has 3 fully saturated rings. The van der Waals surface area contributed by atoms with E-state index in [2.05, 4.69) is 58.9 Å². The Morgan fingerprint density at radius 3 is 2.21 bits per heavy atom. The van der Waals surface area contributed by atoms with Crippen LogP contribution < -0.4 is 5.32 Å². The van der Waals surface area contributed by atoms with Crippen molar-refractivity contribution >= 4 is 5.97 Å². The van der Waals surface area contributed by atoms with Crippen molar-refractivity contribution < 1.29 is 43.4 Å². The molecular formula is C36H68N2O9. The molecule has 11 nitrogen and oxygen atoms in total. The highest BCUT2D eigenvalue weighted by atomic mass is 16.7. The van der Waals surface area contributed by atoms with Crippen LogP contribution in [-0.4, -0.2) is 122 Å². The first kappa shape index (κ1) is 40.5. The Morgan fingerprint density at radius 1 is 0.936 bits per heavy atom. The molecule has 0 radical (unpaired) electrons. The van der Waals surface area contributed by atoms with Gasteiger partial charge in [0.2, 0.25) is 0 Å². The minimum atomic E-state index is -0.888. The van der Waals surface area contributed by atoms with E-state index in [1.165, 1.54) is 0 Å². The second-order valence-corrected chi connectivity index (χ2v) is 15.6. The summed E-state index contributed by atoms with van der Waals surface area (Å²) >= 11 is 0. The predicted octanol–water partition coefficient (Wildman–Crippen LogP) is 4.11. The number of aliphatic hydroxyl groups is 2. The minimum Gasteiger partial charge on any atom is -0.459 e. The molecule has 3 aliphatic rings. The van der Waals surface area contributed by atoms with Gasteiger partial charge in [0, 0.05) is 38.0 Å². The maximum Gasteiger partial charge on any atom is 0.311 e. The fourth-order valence-electron chi connectivity index (χ4n) is 7.84. The van der Waals surface area contributed by atoms with Crippen molar-refractivity contribution in [2.45, 2.75) is 174 Å². The van der Waals surface area contributed by atoms with Crippen LogP contribution in [0.25, 0.3) is 0 Å². The second-order valence-electron chi connectivity index (χ2n) is 15.6. The first-order valence-electron chi connectivity index (χ1n) is 18.1. The summed E-state index contributed by atoms with van der Waals surface area (Å²) in [5, 5.41) is 25.6. The Bertz CT molecular complexity index is 957. The molecule has 0 aromatic heterocycles. The van der Waals surface area contributed by atoms with Crippen LogP contribution in [-0.2, 0) is 33.2 Å². The van der Waals surface area contributed by atoms with Gasteiger partial charge in [0.25, 0.3) is 0 Å². The lowest BCUT2D eigenvalue weighted by Gasteiger charge is -2.47. The van der Waals surface area contributed by atoms with Crippen molar-refractivity contribution in [3.8, 4) is 0 Å². The van der Waals surface area contributed by atoms with Crippen molar-refractivity contribution in [2.24, 2.45) is 23.7 Å². The zero-order valence-corrected chi connectivity index (χ0v) is 31.3. The van der Waals surface area contributed by atoms with Crippen LogP contribution in [0, 0.1) is 23.7 Å². The number of esters is 1. The van der Waals surface area contributed by atoms with Crippen LogP contribution in [0.4, 0.5) is 0 Å². The summed E-state index contributed by atoms with van der Waals surface area (Å²) in [6, 6.07) is 0.518. The smallest absolute Gasteiger partial charge is 0.311 e. The van der Waals surface area contributed by atoms with E-state index in [1.807, 2.05) is 20.8 Å². The van der Waals surface area contributed by atoms with E-state index in [9.17, 15) is 15.0 Å². The van der Waals surface area contributed by atoms with Gasteiger partial charge in [0.1, 0.15) is 12.2 Å². The lowest BCUT2D eigenvalue weighted by molar-refractivity contribution is -0.303. The number of methoxy groups -OCH3 is 1. The molecule has 16 atom stereocenters. The molecular weight excluding hydrogens is 604 g/mol. The Hall–Kier alpha value is -0.890. The van der Waals surface area contributed by atoms with Gasteiger partial charge >= 0.3 is 5.97 Å². The molecule has 3 N–H and O–H groups in total. The minimum absolute atomic E-state index is 0.0460. The van der Waals surface area contributed by atoms with E-state index in [-0.39, 0.29) is 42.4 Å². The number of aliphatic hydroxyl groups excluding tert-OH is 2. The molecule has 47 heavy (non-hydrogen) atoms. The molecule has 0 aromatic carbocycles. The zero-order chi connectivity index (χ0) is 35.2. The van der Waals surface area contributed by atoms with Crippen LogP contribution in [0.15, 0.2) is 0 Å². The Morgan fingerprint density at radius 2 is 1.60 bits per heavy atom. The summed E-state index contributed by atoms with van der Waals surface area (Å²) in [4.78, 5) is 16.2. The largest absolute Gasteiger partial charge is 0.459 e. The molecule has 0 aliphatic carbocycles. The maximum absolute atomic E-state index is 13.9. The normalized spacial score (nSPS) is 46.8. The molecule has 276 valence electrons. The monoisotopic (exact) mass is 672 g/mol. The van der Waals surface area contributed by atoms with Crippen molar-refractivity contribution in [1.29, 1.82) is 0 Å². The predicted molar refractivity (Wildman–Crippen MR) is 181 cm³/mol. The average Bonchev–Trinajstić information content (AvgIpc) is 3.01. The standard InChI is InChI=1S/C36H68N2O9/c1-13-29-28(39)14-20(2)19-37-22(4)15-21(3)32(46-30-17-27(38(10)11)16-23(5)43-30)24(6)33(25(7)35(41)45-29)47-31-18-36(9,42-12)34(40)26(8)44-31/h20-34,37,39-40H,13-19H2,1-12H3/t20-,21?,22-,23?,24?,25?,26+,27?,28?,29?,30?,31?,32+,33?,34?,36-/m1/s1. The molecule has 11 heteroatoms. The summed E-state index contributed by atoms with van der Waals surface area (Å²) < 4.78 is 38.1. The van der Waals surface area contributed by atoms with E-state index in [0.717, 1.165) is 25.8 Å². The molecule has 3 rings (SSSR count). The summed E-state index contributed by atoms with van der Waals surface area (Å²) in [6.45, 7) is 18.8. The molecule has 0 spiro atoms. The van der Waals surface area contributed by atoms with E-state index < -0.39 is 60.6 Å². The fraction of sp³-hybridized carbons (Fsp3) is 0.972. The number of cyclic esters (lactones) is 1. The van der Waals surface area contributed by atoms with Gasteiger partial charge in [-0.3, -0.25) is 4.79 Å². The van der Waals surface area contributed by atoms with E-state index >= 15 is 0 Å². The third-order valence-electron chi connectivity index (χ3n) is 11.0. The number of hydrogen-bond donors (Lipinski definition) is 3. The number of nitrogens with one attached hydrogen (secondary N) is 1. The number of hydrogen-bond acceptors (Lipinski definition) is 11. The molecule has 0 amide bonds. The zero-order valence-electron chi connectivity index (χ0n) is 31.3. The van der Waals surface area contributed by atoms with Crippen molar-refractivity contribution in [3.63, 3.8) is 0 Å². The highest BCUT2D eigenvalue weighted by molar-refractivity contribution is 5.73. The third kappa shape index (κ3) is 10.8. The highest BCUT2D eigenvalue weighted by Gasteiger charge is 2.48. The fourth-order valence-corrected chi connectivity index (χ4v) is 7.84. The van der Waals surface area contributed by atoms with Crippen molar-refractivity contribution in [3.05, 3.63) is 0 Å². The number of nitrogens with zero attached hydrogens (tertiary/aromatic N) is 1. The molecule has 0 aromatic rings. The lowest BCUT2D eigenvalue weighted by atomic mass is 9.81. The molecule has 0 bridgehead atoms. The first-order valence-corrected chi connectivity index (χ1v) is 18.1. The third-order valence-corrected chi connectivity index (χ3v) is 11.0. The van der Waals surface area contributed by atoms with Gasteiger partial charge in [0.05, 0.1) is 42.0 Å².